The molecule has 0 radical (unpaired) electrons. The topological polar surface area (TPSA) is 42.2 Å². The summed E-state index contributed by atoms with van der Waals surface area (Å²) in [6.45, 7) is 6.42. The summed E-state index contributed by atoms with van der Waals surface area (Å²) >= 11 is 0. The molecule has 0 aliphatic rings. The van der Waals surface area contributed by atoms with E-state index < -0.39 is 0 Å². The van der Waals surface area contributed by atoms with Crippen molar-refractivity contribution in [2.75, 3.05) is 11.9 Å². The average molecular weight is 221 g/mol. The van der Waals surface area contributed by atoms with Crippen molar-refractivity contribution < 1.29 is 0 Å². The predicted molar refractivity (Wildman–Crippen MR) is 69.6 cm³/mol. The smallest absolute Gasteiger partial charge is 0.133 e. The Morgan fingerprint density at radius 2 is 2.00 bits per heavy atom. The first kappa shape index (κ1) is 13.0. The summed E-state index contributed by atoms with van der Waals surface area (Å²) in [5, 5.41) is 0. The Bertz CT molecular complexity index is 319. The number of aromatic nitrogens is 1. The van der Waals surface area contributed by atoms with Gasteiger partial charge >= 0.3 is 0 Å². The van der Waals surface area contributed by atoms with E-state index in [0.717, 1.165) is 24.2 Å². The molecule has 0 aliphatic carbocycles. The zero-order valence-corrected chi connectivity index (χ0v) is 10.8. The molecule has 0 aliphatic heterocycles. The Morgan fingerprint density at radius 3 is 2.50 bits per heavy atom. The van der Waals surface area contributed by atoms with Crippen LogP contribution in [0.3, 0.4) is 0 Å². The molecular formula is C13H23N3. The summed E-state index contributed by atoms with van der Waals surface area (Å²) in [6, 6.07) is 4.57. The van der Waals surface area contributed by atoms with E-state index >= 15 is 0 Å². The predicted octanol–water partition coefficient (Wildman–Crippen LogP) is 2.73. The van der Waals surface area contributed by atoms with Gasteiger partial charge in [0, 0.05) is 30.9 Å². The van der Waals surface area contributed by atoms with Crippen LogP contribution in [0.5, 0.6) is 0 Å². The Kier molecular flexibility index (Phi) is 4.74. The number of nitrogens with zero attached hydrogens (tertiary/aromatic N) is 2. The summed E-state index contributed by atoms with van der Waals surface area (Å²) in [5.74, 6) is 1.02. The van der Waals surface area contributed by atoms with Crippen molar-refractivity contribution >= 4 is 5.82 Å². The molecule has 0 spiro atoms. The number of rotatable bonds is 5. The minimum absolute atomic E-state index is 0.0283. The number of nitrogens with two attached hydrogens (primary N) is 1. The van der Waals surface area contributed by atoms with E-state index in [1.165, 1.54) is 0 Å². The van der Waals surface area contributed by atoms with Crippen LogP contribution < -0.4 is 10.6 Å². The summed E-state index contributed by atoms with van der Waals surface area (Å²) in [6.07, 6.45) is 4.09. The van der Waals surface area contributed by atoms with Gasteiger partial charge in [-0.1, -0.05) is 19.9 Å². The quantitative estimate of drug-likeness (QED) is 0.831. The molecule has 1 aromatic heterocycles. The van der Waals surface area contributed by atoms with Crippen molar-refractivity contribution in [3.8, 4) is 0 Å². The molecule has 3 nitrogen and oxygen atoms in total. The Morgan fingerprint density at radius 1 is 1.38 bits per heavy atom. The average Bonchev–Trinajstić information content (AvgIpc) is 2.30. The van der Waals surface area contributed by atoms with Gasteiger partial charge in [0.15, 0.2) is 0 Å². The fraction of sp³-hybridized carbons (Fsp3) is 0.615. The van der Waals surface area contributed by atoms with Gasteiger partial charge in [0.1, 0.15) is 5.82 Å². The fourth-order valence-corrected chi connectivity index (χ4v) is 2.07. The molecule has 0 fully saturated rings. The molecule has 1 aromatic rings. The zero-order chi connectivity index (χ0) is 12.1. The third-order valence-corrected chi connectivity index (χ3v) is 3.13. The van der Waals surface area contributed by atoms with Crippen LogP contribution in [0.15, 0.2) is 18.3 Å². The van der Waals surface area contributed by atoms with Crippen LogP contribution in [0.25, 0.3) is 0 Å². The van der Waals surface area contributed by atoms with E-state index in [1.54, 1.807) is 0 Å². The number of anilines is 1. The highest BCUT2D eigenvalue weighted by Crippen LogP contribution is 2.24. The van der Waals surface area contributed by atoms with Crippen molar-refractivity contribution in [2.24, 2.45) is 5.73 Å². The van der Waals surface area contributed by atoms with Crippen LogP contribution in [0, 0.1) is 0 Å². The molecule has 16 heavy (non-hydrogen) atoms. The lowest BCUT2D eigenvalue weighted by molar-refractivity contribution is 0.582. The first-order valence-corrected chi connectivity index (χ1v) is 6.05. The van der Waals surface area contributed by atoms with E-state index in [-0.39, 0.29) is 6.04 Å². The summed E-state index contributed by atoms with van der Waals surface area (Å²) < 4.78 is 0. The minimum atomic E-state index is 0.0283. The Balaban J connectivity index is 3.02. The van der Waals surface area contributed by atoms with E-state index in [4.69, 9.17) is 5.73 Å². The second-order valence-electron chi connectivity index (χ2n) is 4.29. The molecule has 1 atom stereocenters. The highest BCUT2D eigenvalue weighted by Gasteiger charge is 2.16. The second kappa shape index (κ2) is 5.85. The van der Waals surface area contributed by atoms with Crippen LogP contribution in [0.2, 0.25) is 0 Å². The molecule has 90 valence electrons. The first-order valence-electron chi connectivity index (χ1n) is 6.05. The molecule has 3 heteroatoms. The van der Waals surface area contributed by atoms with Gasteiger partial charge in [0.25, 0.3) is 0 Å². The van der Waals surface area contributed by atoms with Crippen LogP contribution in [0.1, 0.15) is 45.2 Å². The largest absolute Gasteiger partial charge is 0.356 e. The number of pyridine rings is 1. The Labute approximate surface area is 98.7 Å². The van der Waals surface area contributed by atoms with Crippen LogP contribution in [-0.4, -0.2) is 18.1 Å². The molecule has 0 unspecified atom stereocenters. The van der Waals surface area contributed by atoms with Crippen LogP contribution >= 0.6 is 0 Å². The van der Waals surface area contributed by atoms with E-state index in [0.29, 0.717) is 6.04 Å². The maximum absolute atomic E-state index is 5.97. The normalized spacial score (nSPS) is 12.9. The molecule has 0 aromatic carbocycles. The highest BCUT2D eigenvalue weighted by molar-refractivity contribution is 5.48. The molecule has 0 saturated heterocycles. The van der Waals surface area contributed by atoms with Crippen molar-refractivity contribution in [1.29, 1.82) is 0 Å². The molecule has 0 amide bonds. The van der Waals surface area contributed by atoms with Gasteiger partial charge in [-0.05, 0) is 25.8 Å². The molecule has 0 saturated carbocycles. The van der Waals surface area contributed by atoms with Crippen LogP contribution in [0.4, 0.5) is 5.82 Å². The van der Waals surface area contributed by atoms with Gasteiger partial charge < -0.3 is 10.6 Å². The van der Waals surface area contributed by atoms with Gasteiger partial charge in [0.05, 0.1) is 0 Å². The van der Waals surface area contributed by atoms with Gasteiger partial charge in [0.2, 0.25) is 0 Å². The lowest BCUT2D eigenvalue weighted by atomic mass is 10.1. The summed E-state index contributed by atoms with van der Waals surface area (Å²) in [5.41, 5.74) is 7.09. The van der Waals surface area contributed by atoms with Gasteiger partial charge in [-0.15, -0.1) is 0 Å². The standard InChI is InChI=1S/C13H23N3/c1-5-11(6-2)16(4)13-12(10(3)14)8-7-9-15-13/h7-11H,5-6,14H2,1-4H3/t10-/m1/s1. The van der Waals surface area contributed by atoms with E-state index in [9.17, 15) is 0 Å². The fourth-order valence-electron chi connectivity index (χ4n) is 2.07. The molecule has 2 N–H and O–H groups in total. The van der Waals surface area contributed by atoms with Crippen LogP contribution in [-0.2, 0) is 0 Å². The molecule has 0 bridgehead atoms. The maximum atomic E-state index is 5.97. The minimum Gasteiger partial charge on any atom is -0.356 e. The maximum Gasteiger partial charge on any atom is 0.133 e. The molecule has 1 heterocycles. The third kappa shape index (κ3) is 2.73. The van der Waals surface area contributed by atoms with Crippen molar-refractivity contribution in [3.05, 3.63) is 23.9 Å². The highest BCUT2D eigenvalue weighted by atomic mass is 15.2. The van der Waals surface area contributed by atoms with Crippen molar-refractivity contribution in [2.45, 2.75) is 45.7 Å². The van der Waals surface area contributed by atoms with Gasteiger partial charge in [-0.3, -0.25) is 0 Å². The second-order valence-corrected chi connectivity index (χ2v) is 4.29. The molecular weight excluding hydrogens is 198 g/mol. The number of hydrogen-bond acceptors (Lipinski definition) is 3. The van der Waals surface area contributed by atoms with Crippen molar-refractivity contribution in [1.82, 2.24) is 4.98 Å². The van der Waals surface area contributed by atoms with E-state index in [1.807, 2.05) is 19.2 Å². The summed E-state index contributed by atoms with van der Waals surface area (Å²) in [7, 11) is 2.10. The number of hydrogen-bond donors (Lipinski definition) is 1. The zero-order valence-electron chi connectivity index (χ0n) is 10.8. The first-order chi connectivity index (χ1) is 7.61. The van der Waals surface area contributed by atoms with Gasteiger partial charge in [-0.2, -0.15) is 0 Å². The summed E-state index contributed by atoms with van der Waals surface area (Å²) in [4.78, 5) is 6.71. The Hall–Kier alpha value is -1.09. The molecule has 1 rings (SSSR count). The van der Waals surface area contributed by atoms with E-state index in [2.05, 4.69) is 36.8 Å². The monoisotopic (exact) mass is 221 g/mol. The SMILES string of the molecule is CCC(CC)N(C)c1ncccc1[C@@H](C)N. The third-order valence-electron chi connectivity index (χ3n) is 3.13. The van der Waals surface area contributed by atoms with Crippen molar-refractivity contribution in [3.63, 3.8) is 0 Å². The van der Waals surface area contributed by atoms with Gasteiger partial charge in [-0.25, -0.2) is 4.98 Å². The lowest BCUT2D eigenvalue weighted by Crippen LogP contribution is -2.32. The lowest BCUT2D eigenvalue weighted by Gasteiger charge is -2.29.